The summed E-state index contributed by atoms with van der Waals surface area (Å²) in [5.41, 5.74) is 5.61. The van der Waals surface area contributed by atoms with Crippen molar-refractivity contribution in [1.29, 1.82) is 0 Å². The van der Waals surface area contributed by atoms with Gasteiger partial charge < -0.3 is 9.47 Å². The van der Waals surface area contributed by atoms with Crippen LogP contribution >= 0.6 is 0 Å². The quantitative estimate of drug-likeness (QED) is 0.274. The van der Waals surface area contributed by atoms with E-state index in [1.807, 2.05) is 49.4 Å². The number of anilines is 1. The van der Waals surface area contributed by atoms with Gasteiger partial charge >= 0.3 is 0 Å². The van der Waals surface area contributed by atoms with E-state index in [0.29, 0.717) is 41.9 Å². The van der Waals surface area contributed by atoms with Crippen molar-refractivity contribution >= 4 is 27.8 Å². The van der Waals surface area contributed by atoms with Crippen molar-refractivity contribution in [2.24, 2.45) is 5.10 Å². The average Bonchev–Trinajstić information content (AvgIpc) is 2.87. The van der Waals surface area contributed by atoms with Crippen LogP contribution in [0.15, 0.2) is 77.9 Å². The summed E-state index contributed by atoms with van der Waals surface area (Å²) in [5, 5.41) is 3.99. The van der Waals surface area contributed by atoms with Crippen LogP contribution in [-0.2, 0) is 21.4 Å². The van der Waals surface area contributed by atoms with Crippen LogP contribution in [0.2, 0.25) is 0 Å². The number of carbonyl (C=O) groups excluding carboxylic acids is 1. The van der Waals surface area contributed by atoms with Crippen LogP contribution in [0.4, 0.5) is 5.69 Å². The molecule has 9 heteroatoms. The lowest BCUT2D eigenvalue weighted by molar-refractivity contribution is -0.119. The fourth-order valence-corrected chi connectivity index (χ4v) is 4.35. The first kappa shape index (κ1) is 27.7. The summed E-state index contributed by atoms with van der Waals surface area (Å²) in [6, 6.07) is 22.3. The molecule has 0 radical (unpaired) electrons. The van der Waals surface area contributed by atoms with Crippen LogP contribution in [0, 0.1) is 0 Å². The molecule has 0 saturated carbocycles. The zero-order valence-electron chi connectivity index (χ0n) is 21.5. The first-order valence-electron chi connectivity index (χ1n) is 12.0. The van der Waals surface area contributed by atoms with Crippen LogP contribution in [0.1, 0.15) is 43.4 Å². The second kappa shape index (κ2) is 12.9. The van der Waals surface area contributed by atoms with Gasteiger partial charge in [0, 0.05) is 0 Å². The highest BCUT2D eigenvalue weighted by atomic mass is 32.2. The van der Waals surface area contributed by atoms with Crippen molar-refractivity contribution in [2.75, 3.05) is 23.7 Å². The molecule has 196 valence electrons. The van der Waals surface area contributed by atoms with Gasteiger partial charge in [-0.3, -0.25) is 9.10 Å². The average molecular weight is 524 g/mol. The topological polar surface area (TPSA) is 97.3 Å². The Kier molecular flexibility index (Phi) is 9.68. The molecule has 0 fully saturated rings. The molecule has 0 aliphatic heterocycles. The van der Waals surface area contributed by atoms with Crippen molar-refractivity contribution in [3.05, 3.63) is 89.5 Å². The van der Waals surface area contributed by atoms with Crippen molar-refractivity contribution in [2.45, 2.75) is 33.3 Å². The number of benzene rings is 3. The van der Waals surface area contributed by atoms with E-state index >= 15 is 0 Å². The van der Waals surface area contributed by atoms with E-state index in [9.17, 15) is 13.2 Å². The molecule has 0 aliphatic rings. The minimum atomic E-state index is -3.68. The first-order valence-corrected chi connectivity index (χ1v) is 13.9. The molecule has 0 saturated heterocycles. The maximum atomic E-state index is 12.5. The molecule has 37 heavy (non-hydrogen) atoms. The van der Waals surface area contributed by atoms with Crippen LogP contribution in [0.25, 0.3) is 0 Å². The molecule has 0 spiro atoms. The molecule has 0 atom stereocenters. The molecule has 0 bridgehead atoms. The van der Waals surface area contributed by atoms with Gasteiger partial charge in [-0.1, -0.05) is 56.3 Å². The molecule has 8 nitrogen and oxygen atoms in total. The number of nitrogens with one attached hydrogen (secondary N) is 1. The standard InChI is InChI=1S/C28H33N3O5S/c1-5-35-27-17-23(11-16-26(27)36-20-22-9-7-6-8-10-22)18-29-30-28(32)19-31(37(4,33)34)25-14-12-24(13-15-25)21(2)3/h6-18,21H,5,19-20H2,1-4H3,(H,30,32)/b29-18-. The van der Waals surface area contributed by atoms with E-state index in [-0.39, 0.29) is 0 Å². The van der Waals surface area contributed by atoms with Crippen molar-refractivity contribution in [3.8, 4) is 11.5 Å². The smallest absolute Gasteiger partial charge is 0.260 e. The fraction of sp³-hybridized carbons (Fsp3) is 0.286. The van der Waals surface area contributed by atoms with Crippen molar-refractivity contribution in [3.63, 3.8) is 0 Å². The number of carbonyl (C=O) groups is 1. The summed E-state index contributed by atoms with van der Waals surface area (Å²) >= 11 is 0. The van der Waals surface area contributed by atoms with Crippen LogP contribution in [-0.4, -0.2) is 39.9 Å². The van der Waals surface area contributed by atoms with E-state index in [1.165, 1.54) is 6.21 Å². The van der Waals surface area contributed by atoms with Gasteiger partial charge in [0.25, 0.3) is 5.91 Å². The van der Waals surface area contributed by atoms with Crippen molar-refractivity contribution in [1.82, 2.24) is 5.43 Å². The van der Waals surface area contributed by atoms with E-state index < -0.39 is 22.5 Å². The largest absolute Gasteiger partial charge is 0.490 e. The first-order chi connectivity index (χ1) is 17.7. The van der Waals surface area contributed by atoms with Gasteiger partial charge in [0.05, 0.1) is 24.8 Å². The molecule has 0 aromatic heterocycles. The van der Waals surface area contributed by atoms with Gasteiger partial charge in [-0.2, -0.15) is 5.10 Å². The second-order valence-electron chi connectivity index (χ2n) is 8.72. The highest BCUT2D eigenvalue weighted by molar-refractivity contribution is 7.92. The molecular formula is C28H33N3O5S. The zero-order chi connectivity index (χ0) is 26.8. The molecular weight excluding hydrogens is 490 g/mol. The predicted molar refractivity (Wildman–Crippen MR) is 147 cm³/mol. The van der Waals surface area contributed by atoms with Crippen molar-refractivity contribution < 1.29 is 22.7 Å². The minimum Gasteiger partial charge on any atom is -0.490 e. The highest BCUT2D eigenvalue weighted by Gasteiger charge is 2.21. The summed E-state index contributed by atoms with van der Waals surface area (Å²) in [6.07, 6.45) is 2.53. The molecule has 1 N–H and O–H groups in total. The number of nitrogens with zero attached hydrogens (tertiary/aromatic N) is 2. The van der Waals surface area contributed by atoms with Crippen LogP contribution in [0.3, 0.4) is 0 Å². The molecule has 0 unspecified atom stereocenters. The predicted octanol–water partition coefficient (Wildman–Crippen LogP) is 4.70. The third-order valence-corrected chi connectivity index (χ3v) is 6.58. The van der Waals surface area contributed by atoms with Gasteiger partial charge in [-0.05, 0) is 59.9 Å². The Bertz CT molecular complexity index is 1310. The zero-order valence-corrected chi connectivity index (χ0v) is 22.4. The molecule has 3 aromatic rings. The number of rotatable bonds is 12. The number of ether oxygens (including phenoxy) is 2. The van der Waals surface area contributed by atoms with Gasteiger partial charge in [-0.25, -0.2) is 13.8 Å². The number of sulfonamides is 1. The van der Waals surface area contributed by atoms with E-state index in [2.05, 4.69) is 24.4 Å². The highest BCUT2D eigenvalue weighted by Crippen LogP contribution is 2.29. The molecule has 0 heterocycles. The minimum absolute atomic E-state index is 0.311. The van der Waals surface area contributed by atoms with E-state index in [0.717, 1.165) is 21.7 Å². The molecule has 3 rings (SSSR count). The number of hydrogen-bond donors (Lipinski definition) is 1. The Morgan fingerprint density at radius 1 is 1.00 bits per heavy atom. The molecule has 1 amide bonds. The summed E-state index contributed by atoms with van der Waals surface area (Å²) in [4.78, 5) is 12.5. The monoisotopic (exact) mass is 523 g/mol. The second-order valence-corrected chi connectivity index (χ2v) is 10.6. The van der Waals surface area contributed by atoms with Gasteiger partial charge in [0.2, 0.25) is 10.0 Å². The Morgan fingerprint density at radius 3 is 2.32 bits per heavy atom. The summed E-state index contributed by atoms with van der Waals surface area (Å²) in [5.74, 6) is 0.898. The normalized spacial score (nSPS) is 11.5. The number of hydrogen-bond acceptors (Lipinski definition) is 6. The lowest BCUT2D eigenvalue weighted by atomic mass is 10.0. The Morgan fingerprint density at radius 2 is 1.70 bits per heavy atom. The van der Waals surface area contributed by atoms with Gasteiger partial charge in [0.15, 0.2) is 11.5 Å². The van der Waals surface area contributed by atoms with Crippen LogP contribution < -0.4 is 19.2 Å². The fourth-order valence-electron chi connectivity index (χ4n) is 3.50. The van der Waals surface area contributed by atoms with Gasteiger partial charge in [0.1, 0.15) is 13.2 Å². The third kappa shape index (κ3) is 8.35. The van der Waals surface area contributed by atoms with E-state index in [4.69, 9.17) is 9.47 Å². The molecule has 3 aromatic carbocycles. The van der Waals surface area contributed by atoms with Crippen LogP contribution in [0.5, 0.6) is 11.5 Å². The lowest BCUT2D eigenvalue weighted by Crippen LogP contribution is -2.39. The Balaban J connectivity index is 1.65. The summed E-state index contributed by atoms with van der Waals surface area (Å²) in [7, 11) is -3.68. The maximum absolute atomic E-state index is 12.5. The molecule has 0 aliphatic carbocycles. The maximum Gasteiger partial charge on any atom is 0.260 e. The summed E-state index contributed by atoms with van der Waals surface area (Å²) in [6.45, 7) is 6.45. The SMILES string of the molecule is CCOc1cc(/C=N\NC(=O)CN(c2ccc(C(C)C)cc2)S(C)(=O)=O)ccc1OCc1ccccc1. The summed E-state index contributed by atoms with van der Waals surface area (Å²) < 4.78 is 37.3. The number of hydrazone groups is 1. The van der Waals surface area contributed by atoms with E-state index in [1.54, 1.807) is 30.3 Å². The Labute approximate surface area is 219 Å². The Hall–Kier alpha value is -3.85. The number of amides is 1. The van der Waals surface area contributed by atoms with Gasteiger partial charge in [-0.15, -0.1) is 0 Å². The lowest BCUT2D eigenvalue weighted by Gasteiger charge is -2.21. The third-order valence-electron chi connectivity index (χ3n) is 5.44.